The maximum Gasteiger partial charge on any atom is 0.110 e. The Hall–Kier alpha value is -1.78. The summed E-state index contributed by atoms with van der Waals surface area (Å²) in [6.07, 6.45) is 8.55. The van der Waals surface area contributed by atoms with Crippen molar-refractivity contribution in [1.82, 2.24) is 19.8 Å². The third-order valence-electron chi connectivity index (χ3n) is 4.59. The number of hydrogen-bond donors (Lipinski definition) is 1. The van der Waals surface area contributed by atoms with Gasteiger partial charge in [0, 0.05) is 31.2 Å². The lowest BCUT2D eigenvalue weighted by atomic mass is 9.89. The smallest absolute Gasteiger partial charge is 0.110 e. The van der Waals surface area contributed by atoms with E-state index in [1.807, 2.05) is 41.7 Å². The normalized spacial score (nSPS) is 17.5. The number of terminal acetylenes is 1. The van der Waals surface area contributed by atoms with Crippen molar-refractivity contribution >= 4 is 11.3 Å². The topological polar surface area (TPSA) is 52.5 Å². The molecule has 2 aromatic rings. The maximum absolute atomic E-state index is 11.0. The van der Waals surface area contributed by atoms with Gasteiger partial charge in [-0.05, 0) is 32.0 Å². The first kappa shape index (κ1) is 18.0. The van der Waals surface area contributed by atoms with Crippen LogP contribution >= 0.6 is 11.3 Å². The molecule has 0 atom stereocenters. The van der Waals surface area contributed by atoms with Gasteiger partial charge < -0.3 is 5.11 Å². The molecule has 0 spiro atoms. The predicted molar refractivity (Wildman–Crippen MR) is 99.9 cm³/mol. The molecule has 5 nitrogen and oxygen atoms in total. The van der Waals surface area contributed by atoms with Gasteiger partial charge in [-0.2, -0.15) is 0 Å². The van der Waals surface area contributed by atoms with Gasteiger partial charge in [-0.15, -0.1) is 17.8 Å². The average Bonchev–Trinajstić information content (AvgIpc) is 3.07. The standard InChI is InChI=1S/C19H24N4OS/c1-3-10-22(2)14-18-21-17(15-25-18)19(24)7-11-23(12-8-19)13-16-6-4-5-9-20-16/h1,4-6,9,15,24H,7-8,10-14H2,2H3. The highest BCUT2D eigenvalue weighted by Gasteiger charge is 2.36. The lowest BCUT2D eigenvalue weighted by molar-refractivity contribution is -0.0310. The van der Waals surface area contributed by atoms with Crippen molar-refractivity contribution in [3.05, 3.63) is 46.2 Å². The molecule has 3 heterocycles. The molecule has 0 unspecified atom stereocenters. The van der Waals surface area contributed by atoms with Crippen LogP contribution in [0.25, 0.3) is 0 Å². The number of rotatable bonds is 6. The van der Waals surface area contributed by atoms with Gasteiger partial charge in [0.15, 0.2) is 0 Å². The number of piperidine rings is 1. The number of aliphatic hydroxyl groups is 1. The van der Waals surface area contributed by atoms with Crippen LogP contribution in [0.2, 0.25) is 0 Å². The number of hydrogen-bond acceptors (Lipinski definition) is 6. The summed E-state index contributed by atoms with van der Waals surface area (Å²) in [7, 11) is 1.98. The highest BCUT2D eigenvalue weighted by Crippen LogP contribution is 2.34. The summed E-state index contributed by atoms with van der Waals surface area (Å²) < 4.78 is 0. The second-order valence-electron chi connectivity index (χ2n) is 6.63. The summed E-state index contributed by atoms with van der Waals surface area (Å²) in [5.41, 5.74) is 1.06. The molecule has 2 aromatic heterocycles. The maximum atomic E-state index is 11.0. The lowest BCUT2D eigenvalue weighted by Gasteiger charge is -2.37. The third-order valence-corrected chi connectivity index (χ3v) is 5.42. The molecule has 1 N–H and O–H groups in total. The number of likely N-dealkylation sites (tertiary alicyclic amines) is 1. The predicted octanol–water partition coefficient (Wildman–Crippen LogP) is 2.09. The van der Waals surface area contributed by atoms with E-state index >= 15 is 0 Å². The molecule has 1 fully saturated rings. The zero-order chi connectivity index (χ0) is 17.7. The van der Waals surface area contributed by atoms with E-state index in [9.17, 15) is 5.11 Å². The zero-order valence-electron chi connectivity index (χ0n) is 14.6. The van der Waals surface area contributed by atoms with Crippen molar-refractivity contribution in [3.63, 3.8) is 0 Å². The second kappa shape index (κ2) is 8.07. The number of aromatic nitrogens is 2. The van der Waals surface area contributed by atoms with Gasteiger partial charge >= 0.3 is 0 Å². The molecule has 1 saturated heterocycles. The Bertz CT molecular complexity index is 717. The summed E-state index contributed by atoms with van der Waals surface area (Å²) in [5, 5.41) is 14.0. The van der Waals surface area contributed by atoms with Crippen molar-refractivity contribution in [1.29, 1.82) is 0 Å². The monoisotopic (exact) mass is 356 g/mol. The molecule has 0 saturated carbocycles. The van der Waals surface area contributed by atoms with E-state index in [0.717, 1.165) is 42.6 Å². The summed E-state index contributed by atoms with van der Waals surface area (Å²) >= 11 is 1.59. The van der Waals surface area contributed by atoms with E-state index in [1.54, 1.807) is 11.3 Å². The first-order valence-electron chi connectivity index (χ1n) is 8.50. The van der Waals surface area contributed by atoms with Crippen LogP contribution in [0.15, 0.2) is 29.8 Å². The Labute approximate surface area is 153 Å². The Morgan fingerprint density at radius 2 is 2.20 bits per heavy atom. The average molecular weight is 356 g/mol. The van der Waals surface area contributed by atoms with Crippen molar-refractivity contribution < 1.29 is 5.11 Å². The van der Waals surface area contributed by atoms with Crippen molar-refractivity contribution in [2.45, 2.75) is 31.5 Å². The fourth-order valence-electron chi connectivity index (χ4n) is 3.10. The minimum atomic E-state index is -0.819. The third kappa shape index (κ3) is 4.65. The van der Waals surface area contributed by atoms with E-state index in [1.165, 1.54) is 0 Å². The van der Waals surface area contributed by atoms with E-state index in [2.05, 4.69) is 20.8 Å². The molecular weight excluding hydrogens is 332 g/mol. The van der Waals surface area contributed by atoms with Gasteiger partial charge in [0.2, 0.25) is 0 Å². The minimum Gasteiger partial charge on any atom is -0.383 e. The fraction of sp³-hybridized carbons (Fsp3) is 0.474. The first-order valence-corrected chi connectivity index (χ1v) is 9.38. The molecular formula is C19H24N4OS. The molecule has 3 rings (SSSR count). The van der Waals surface area contributed by atoms with Crippen LogP contribution in [0.3, 0.4) is 0 Å². The summed E-state index contributed by atoms with van der Waals surface area (Å²) in [4.78, 5) is 13.4. The number of thiazole rings is 1. The fourth-order valence-corrected chi connectivity index (χ4v) is 4.06. The second-order valence-corrected chi connectivity index (χ2v) is 7.57. The summed E-state index contributed by atoms with van der Waals surface area (Å²) in [5.74, 6) is 2.63. The van der Waals surface area contributed by atoms with Gasteiger partial charge in [0.25, 0.3) is 0 Å². The van der Waals surface area contributed by atoms with Crippen LogP contribution in [-0.2, 0) is 18.7 Å². The molecule has 0 radical (unpaired) electrons. The molecule has 0 amide bonds. The van der Waals surface area contributed by atoms with Gasteiger partial charge in [-0.1, -0.05) is 12.0 Å². The largest absolute Gasteiger partial charge is 0.383 e. The molecule has 0 bridgehead atoms. The van der Waals surface area contributed by atoms with Crippen LogP contribution in [0, 0.1) is 12.3 Å². The van der Waals surface area contributed by atoms with Gasteiger partial charge in [-0.25, -0.2) is 4.98 Å². The Kier molecular flexibility index (Phi) is 5.82. The zero-order valence-corrected chi connectivity index (χ0v) is 15.4. The van der Waals surface area contributed by atoms with Gasteiger partial charge in [0.05, 0.1) is 24.5 Å². The Balaban J connectivity index is 1.57. The van der Waals surface area contributed by atoms with E-state index in [0.29, 0.717) is 19.4 Å². The summed E-state index contributed by atoms with van der Waals surface area (Å²) in [6, 6.07) is 5.98. The minimum absolute atomic E-state index is 0.599. The molecule has 25 heavy (non-hydrogen) atoms. The van der Waals surface area contributed by atoms with E-state index < -0.39 is 5.60 Å². The number of nitrogens with zero attached hydrogens (tertiary/aromatic N) is 4. The lowest BCUT2D eigenvalue weighted by Crippen LogP contribution is -2.42. The van der Waals surface area contributed by atoms with Gasteiger partial charge in [-0.3, -0.25) is 14.8 Å². The van der Waals surface area contributed by atoms with Crippen molar-refractivity contribution in [3.8, 4) is 12.3 Å². The molecule has 1 aliphatic heterocycles. The van der Waals surface area contributed by atoms with Crippen molar-refractivity contribution in [2.75, 3.05) is 26.7 Å². The Morgan fingerprint density at radius 3 is 2.88 bits per heavy atom. The summed E-state index contributed by atoms with van der Waals surface area (Å²) in [6.45, 7) is 3.84. The van der Waals surface area contributed by atoms with Crippen LogP contribution in [0.5, 0.6) is 0 Å². The Morgan fingerprint density at radius 1 is 1.40 bits per heavy atom. The van der Waals surface area contributed by atoms with E-state index in [4.69, 9.17) is 6.42 Å². The van der Waals surface area contributed by atoms with E-state index in [-0.39, 0.29) is 0 Å². The highest BCUT2D eigenvalue weighted by atomic mass is 32.1. The van der Waals surface area contributed by atoms with Crippen LogP contribution in [-0.4, -0.2) is 51.6 Å². The quantitative estimate of drug-likeness (QED) is 0.803. The number of pyridine rings is 1. The highest BCUT2D eigenvalue weighted by molar-refractivity contribution is 7.09. The molecule has 0 aliphatic carbocycles. The van der Waals surface area contributed by atoms with Crippen LogP contribution < -0.4 is 0 Å². The van der Waals surface area contributed by atoms with Crippen LogP contribution in [0.1, 0.15) is 29.2 Å². The molecule has 6 heteroatoms. The SMILES string of the molecule is C#CCN(C)Cc1nc(C2(O)CCN(Cc3ccccn3)CC2)cs1. The molecule has 1 aliphatic rings. The first-order chi connectivity index (χ1) is 12.1. The van der Waals surface area contributed by atoms with Crippen LogP contribution in [0.4, 0.5) is 0 Å². The molecule has 0 aromatic carbocycles. The van der Waals surface area contributed by atoms with Gasteiger partial charge in [0.1, 0.15) is 10.6 Å². The van der Waals surface area contributed by atoms with Crippen molar-refractivity contribution in [2.24, 2.45) is 0 Å². The molecule has 132 valence electrons.